The summed E-state index contributed by atoms with van der Waals surface area (Å²) in [5, 5.41) is 0. The van der Waals surface area contributed by atoms with Crippen molar-refractivity contribution in [2.45, 2.75) is 58.4 Å². The summed E-state index contributed by atoms with van der Waals surface area (Å²) in [7, 11) is 0. The highest BCUT2D eigenvalue weighted by molar-refractivity contribution is 5.76. The molecule has 2 N–H and O–H groups in total. The van der Waals surface area contributed by atoms with Gasteiger partial charge in [-0.15, -0.1) is 0 Å². The highest BCUT2D eigenvalue weighted by Gasteiger charge is 2.31. The number of hydrogen-bond donors (Lipinski definition) is 1. The van der Waals surface area contributed by atoms with E-state index in [0.29, 0.717) is 36.8 Å². The van der Waals surface area contributed by atoms with Crippen LogP contribution in [0.4, 0.5) is 0 Å². The molecule has 2 fully saturated rings. The first-order valence-electron chi connectivity index (χ1n) is 8.82. The van der Waals surface area contributed by atoms with Crippen LogP contribution < -0.4 is 5.73 Å². The summed E-state index contributed by atoms with van der Waals surface area (Å²) in [6, 6.07) is 0.607. The molecule has 0 aromatic heterocycles. The first kappa shape index (κ1) is 16.8. The highest BCUT2D eigenvalue weighted by Crippen LogP contribution is 2.22. The molecule has 1 amide bonds. The number of nitrogens with zero attached hydrogens (tertiary/aromatic N) is 2. The zero-order valence-electron chi connectivity index (χ0n) is 13.9. The fourth-order valence-corrected chi connectivity index (χ4v) is 3.86. The van der Waals surface area contributed by atoms with Crippen LogP contribution in [0, 0.1) is 11.8 Å². The Balaban J connectivity index is 1.78. The van der Waals surface area contributed by atoms with Crippen molar-refractivity contribution in [3.63, 3.8) is 0 Å². The molecule has 0 bridgehead atoms. The lowest BCUT2D eigenvalue weighted by Crippen LogP contribution is -2.42. The van der Waals surface area contributed by atoms with Gasteiger partial charge in [0, 0.05) is 25.6 Å². The minimum atomic E-state index is 0.325. The van der Waals surface area contributed by atoms with E-state index in [-0.39, 0.29) is 0 Å². The molecule has 2 aliphatic rings. The third-order valence-corrected chi connectivity index (χ3v) is 5.02. The second kappa shape index (κ2) is 8.14. The monoisotopic (exact) mass is 295 g/mol. The fourth-order valence-electron chi connectivity index (χ4n) is 3.86. The summed E-state index contributed by atoms with van der Waals surface area (Å²) < 4.78 is 0. The van der Waals surface area contributed by atoms with Gasteiger partial charge in [0.05, 0.1) is 0 Å². The summed E-state index contributed by atoms with van der Waals surface area (Å²) in [5.74, 6) is 1.29. The molecular formula is C17H33N3O. The van der Waals surface area contributed by atoms with Gasteiger partial charge in [-0.25, -0.2) is 0 Å². The first-order chi connectivity index (χ1) is 10.1. The number of nitrogens with two attached hydrogens (primary N) is 1. The molecule has 0 spiro atoms. The normalized spacial score (nSPS) is 25.5. The SMILES string of the molecule is CC(C)CC(CN)CC(=O)N1CCC(N2CCCCC2)C1. The van der Waals surface area contributed by atoms with E-state index in [1.165, 1.54) is 32.4 Å². The fraction of sp³-hybridized carbons (Fsp3) is 0.941. The summed E-state index contributed by atoms with van der Waals surface area (Å²) in [5.41, 5.74) is 5.83. The number of hydrogen-bond acceptors (Lipinski definition) is 3. The van der Waals surface area contributed by atoms with Crippen LogP contribution in [-0.4, -0.2) is 54.5 Å². The number of amides is 1. The summed E-state index contributed by atoms with van der Waals surface area (Å²) in [6.07, 6.45) is 6.89. The molecule has 0 aromatic rings. The molecule has 2 unspecified atom stereocenters. The van der Waals surface area contributed by atoms with Gasteiger partial charge in [-0.05, 0) is 57.2 Å². The van der Waals surface area contributed by atoms with E-state index in [4.69, 9.17) is 5.73 Å². The molecule has 4 heteroatoms. The van der Waals surface area contributed by atoms with Crippen molar-refractivity contribution >= 4 is 5.91 Å². The van der Waals surface area contributed by atoms with Crippen LogP contribution >= 0.6 is 0 Å². The van der Waals surface area contributed by atoms with E-state index >= 15 is 0 Å². The van der Waals surface area contributed by atoms with Crippen LogP contribution in [0.3, 0.4) is 0 Å². The van der Waals surface area contributed by atoms with E-state index in [1.54, 1.807) is 0 Å². The quantitative estimate of drug-likeness (QED) is 0.816. The molecule has 0 saturated carbocycles. The Morgan fingerprint density at radius 1 is 1.19 bits per heavy atom. The van der Waals surface area contributed by atoms with Crippen LogP contribution in [0.5, 0.6) is 0 Å². The van der Waals surface area contributed by atoms with E-state index < -0.39 is 0 Å². The van der Waals surface area contributed by atoms with Crippen molar-refractivity contribution in [2.24, 2.45) is 17.6 Å². The lowest BCUT2D eigenvalue weighted by Gasteiger charge is -2.32. The van der Waals surface area contributed by atoms with Crippen LogP contribution in [0.2, 0.25) is 0 Å². The van der Waals surface area contributed by atoms with Gasteiger partial charge in [-0.1, -0.05) is 20.3 Å². The smallest absolute Gasteiger partial charge is 0.222 e. The molecule has 0 radical (unpaired) electrons. The number of carbonyl (C=O) groups is 1. The van der Waals surface area contributed by atoms with Crippen molar-refractivity contribution in [1.29, 1.82) is 0 Å². The van der Waals surface area contributed by atoms with Gasteiger partial charge in [0.15, 0.2) is 0 Å². The number of piperidine rings is 1. The van der Waals surface area contributed by atoms with E-state index in [1.807, 2.05) is 0 Å². The summed E-state index contributed by atoms with van der Waals surface area (Å²) in [6.45, 7) is 9.38. The molecule has 0 aliphatic carbocycles. The molecule has 2 rings (SSSR count). The molecular weight excluding hydrogens is 262 g/mol. The second-order valence-electron chi connectivity index (χ2n) is 7.31. The summed E-state index contributed by atoms with van der Waals surface area (Å²) >= 11 is 0. The third-order valence-electron chi connectivity index (χ3n) is 5.02. The lowest BCUT2D eigenvalue weighted by molar-refractivity contribution is -0.131. The van der Waals surface area contributed by atoms with Crippen molar-refractivity contribution < 1.29 is 4.79 Å². The Morgan fingerprint density at radius 3 is 2.52 bits per heavy atom. The zero-order valence-corrected chi connectivity index (χ0v) is 13.9. The Morgan fingerprint density at radius 2 is 1.90 bits per heavy atom. The highest BCUT2D eigenvalue weighted by atomic mass is 16.2. The Labute approximate surface area is 130 Å². The predicted octanol–water partition coefficient (Wildman–Crippen LogP) is 2.08. The zero-order chi connectivity index (χ0) is 15.2. The molecule has 21 heavy (non-hydrogen) atoms. The number of likely N-dealkylation sites (tertiary alicyclic amines) is 2. The van der Waals surface area contributed by atoms with E-state index in [2.05, 4.69) is 23.6 Å². The van der Waals surface area contributed by atoms with Gasteiger partial charge in [0.2, 0.25) is 5.91 Å². The molecule has 2 aliphatic heterocycles. The molecule has 4 nitrogen and oxygen atoms in total. The number of rotatable bonds is 6. The van der Waals surface area contributed by atoms with E-state index in [0.717, 1.165) is 25.9 Å². The van der Waals surface area contributed by atoms with Gasteiger partial charge in [0.25, 0.3) is 0 Å². The number of carbonyl (C=O) groups excluding carboxylic acids is 1. The predicted molar refractivity (Wildman–Crippen MR) is 87.0 cm³/mol. The van der Waals surface area contributed by atoms with Crippen molar-refractivity contribution in [3.8, 4) is 0 Å². The summed E-state index contributed by atoms with van der Waals surface area (Å²) in [4.78, 5) is 17.2. The molecule has 2 atom stereocenters. The van der Waals surface area contributed by atoms with Crippen LogP contribution in [-0.2, 0) is 4.79 Å². The minimum Gasteiger partial charge on any atom is -0.341 e. The third kappa shape index (κ3) is 4.96. The maximum absolute atomic E-state index is 12.5. The Bertz CT molecular complexity index is 326. The van der Waals surface area contributed by atoms with E-state index in [9.17, 15) is 4.79 Å². The topological polar surface area (TPSA) is 49.6 Å². The molecule has 2 heterocycles. The van der Waals surface area contributed by atoms with Crippen molar-refractivity contribution in [3.05, 3.63) is 0 Å². The minimum absolute atomic E-state index is 0.325. The Kier molecular flexibility index (Phi) is 6.49. The Hall–Kier alpha value is -0.610. The van der Waals surface area contributed by atoms with Gasteiger partial charge in [-0.3, -0.25) is 9.69 Å². The van der Waals surface area contributed by atoms with Gasteiger partial charge >= 0.3 is 0 Å². The van der Waals surface area contributed by atoms with Crippen LogP contribution in [0.1, 0.15) is 52.4 Å². The average molecular weight is 295 g/mol. The van der Waals surface area contributed by atoms with Crippen molar-refractivity contribution in [2.75, 3.05) is 32.7 Å². The molecule has 0 aromatic carbocycles. The molecule has 2 saturated heterocycles. The van der Waals surface area contributed by atoms with Crippen molar-refractivity contribution in [1.82, 2.24) is 9.80 Å². The average Bonchev–Trinajstić information content (AvgIpc) is 2.97. The van der Waals surface area contributed by atoms with Gasteiger partial charge < -0.3 is 10.6 Å². The second-order valence-corrected chi connectivity index (χ2v) is 7.31. The molecule has 122 valence electrons. The maximum Gasteiger partial charge on any atom is 0.222 e. The van der Waals surface area contributed by atoms with Gasteiger partial charge in [0.1, 0.15) is 0 Å². The maximum atomic E-state index is 12.5. The first-order valence-corrected chi connectivity index (χ1v) is 8.82. The lowest BCUT2D eigenvalue weighted by atomic mass is 9.94. The van der Waals surface area contributed by atoms with Crippen LogP contribution in [0.25, 0.3) is 0 Å². The standard InChI is InChI=1S/C17H33N3O/c1-14(2)10-15(12-18)11-17(21)20-9-6-16(13-20)19-7-4-3-5-8-19/h14-16H,3-13,18H2,1-2H3. The largest absolute Gasteiger partial charge is 0.341 e. The van der Waals surface area contributed by atoms with Crippen LogP contribution in [0.15, 0.2) is 0 Å². The van der Waals surface area contributed by atoms with Gasteiger partial charge in [-0.2, -0.15) is 0 Å².